The van der Waals surface area contributed by atoms with Crippen molar-refractivity contribution in [1.82, 2.24) is 24.5 Å². The van der Waals surface area contributed by atoms with Gasteiger partial charge in [-0.3, -0.25) is 28.9 Å². The summed E-state index contributed by atoms with van der Waals surface area (Å²) < 4.78 is 0. The average molecular weight is 723 g/mol. The summed E-state index contributed by atoms with van der Waals surface area (Å²) in [5, 5.41) is 0. The summed E-state index contributed by atoms with van der Waals surface area (Å²) in [6.07, 6.45) is 5.15. The second-order valence-corrected chi connectivity index (χ2v) is 16.8. The van der Waals surface area contributed by atoms with Crippen LogP contribution < -0.4 is 0 Å². The zero-order chi connectivity index (χ0) is 38.6. The van der Waals surface area contributed by atoms with Gasteiger partial charge in [-0.25, -0.2) is 0 Å². The highest BCUT2D eigenvalue weighted by Crippen LogP contribution is 2.33. The molecular formula is C41H66N6O5. The van der Waals surface area contributed by atoms with Crippen molar-refractivity contribution in [1.29, 1.82) is 0 Å². The Morgan fingerprint density at radius 2 is 1.37 bits per heavy atom. The molecule has 0 N–H and O–H groups in total. The molecular weight excluding hydrogens is 656 g/mol. The Hall–Kier alpha value is -3.60. The number of rotatable bonds is 9. The van der Waals surface area contributed by atoms with Crippen LogP contribution in [-0.4, -0.2) is 131 Å². The molecule has 0 saturated carbocycles. The highest BCUT2D eigenvalue weighted by Gasteiger charge is 2.42. The molecule has 4 amide bonds. The van der Waals surface area contributed by atoms with Crippen molar-refractivity contribution in [2.75, 3.05) is 52.4 Å². The predicted molar refractivity (Wildman–Crippen MR) is 207 cm³/mol. The third-order valence-corrected chi connectivity index (χ3v) is 10.7. The normalized spacial score (nSPS) is 22.3. The third-order valence-electron chi connectivity index (χ3n) is 10.7. The van der Waals surface area contributed by atoms with Crippen LogP contribution in [-0.2, 0) is 30.5 Å². The molecule has 2 saturated heterocycles. The van der Waals surface area contributed by atoms with E-state index in [1.165, 1.54) is 9.80 Å². The molecule has 1 aromatic carbocycles. The molecule has 3 rings (SSSR count). The summed E-state index contributed by atoms with van der Waals surface area (Å²) in [6.45, 7) is 21.3. The van der Waals surface area contributed by atoms with Crippen molar-refractivity contribution in [2.45, 2.75) is 125 Å². The van der Waals surface area contributed by atoms with Gasteiger partial charge in [0.05, 0.1) is 25.7 Å². The van der Waals surface area contributed by atoms with E-state index in [9.17, 15) is 24.0 Å². The molecule has 0 spiro atoms. The Morgan fingerprint density at radius 3 is 2.00 bits per heavy atom. The van der Waals surface area contributed by atoms with E-state index in [0.717, 1.165) is 31.2 Å². The topological polar surface area (TPSA) is 114 Å². The minimum absolute atomic E-state index is 0.0570. The van der Waals surface area contributed by atoms with E-state index < -0.39 is 11.5 Å². The smallest absolute Gasteiger partial charge is 0.242 e. The Bertz CT molecular complexity index is 1380. The fourth-order valence-electron chi connectivity index (χ4n) is 7.70. The number of nitrogens with zero attached hydrogens (tertiary/aromatic N) is 6. The van der Waals surface area contributed by atoms with Crippen molar-refractivity contribution in [3.05, 3.63) is 35.9 Å². The average Bonchev–Trinajstić information content (AvgIpc) is 3.57. The summed E-state index contributed by atoms with van der Waals surface area (Å²) in [7, 11) is 0. The molecule has 52 heavy (non-hydrogen) atoms. The van der Waals surface area contributed by atoms with E-state index in [1.54, 1.807) is 9.80 Å². The molecule has 11 nitrogen and oxygen atoms in total. The summed E-state index contributed by atoms with van der Waals surface area (Å²) in [4.78, 5) is 83.0. The maximum atomic E-state index is 14.2. The monoisotopic (exact) mass is 723 g/mol. The largest absolute Gasteiger partial charge is 0.332 e. The number of ketones is 1. The molecule has 1 unspecified atom stereocenters. The predicted octanol–water partition coefficient (Wildman–Crippen LogP) is 5.07. The number of carbonyl (C=O) groups excluding carboxylic acids is 5. The van der Waals surface area contributed by atoms with Gasteiger partial charge in [-0.2, -0.15) is 0 Å². The van der Waals surface area contributed by atoms with Crippen LogP contribution in [0.3, 0.4) is 0 Å². The van der Waals surface area contributed by atoms with Gasteiger partial charge in [0.15, 0.2) is 5.78 Å². The van der Waals surface area contributed by atoms with Gasteiger partial charge in [0.25, 0.3) is 0 Å². The lowest BCUT2D eigenvalue weighted by Gasteiger charge is -2.42. The number of carbonyl (C=O) groups is 5. The molecule has 0 aliphatic carbocycles. The zero-order valence-corrected chi connectivity index (χ0v) is 33.4. The van der Waals surface area contributed by atoms with E-state index in [1.807, 2.05) is 58.0 Å². The third kappa shape index (κ3) is 12.2. The molecule has 290 valence electrons. The minimum atomic E-state index is -0.623. The summed E-state index contributed by atoms with van der Waals surface area (Å²) in [6, 6.07) is 9.03. The van der Waals surface area contributed by atoms with Crippen LogP contribution in [0, 0.1) is 11.3 Å². The van der Waals surface area contributed by atoms with Crippen LogP contribution in [0.5, 0.6) is 0 Å². The molecule has 1 atom stereocenters. The van der Waals surface area contributed by atoms with Gasteiger partial charge in [0, 0.05) is 49.7 Å². The molecule has 2 aliphatic heterocycles. The molecule has 2 fully saturated rings. The second-order valence-electron chi connectivity index (χ2n) is 16.8. The quantitative estimate of drug-likeness (QED) is 0.260. The van der Waals surface area contributed by atoms with Gasteiger partial charge in [0.1, 0.15) is 6.54 Å². The van der Waals surface area contributed by atoms with Gasteiger partial charge in [-0.15, -0.1) is 0 Å². The first-order valence-corrected chi connectivity index (χ1v) is 19.4. The number of hydrogen-bond acceptors (Lipinski definition) is 7. The molecule has 2 aliphatic rings. The number of amides is 4. The highest BCUT2D eigenvalue weighted by molar-refractivity contribution is 5.95. The van der Waals surface area contributed by atoms with Crippen LogP contribution in [0.25, 0.3) is 0 Å². The van der Waals surface area contributed by atoms with Crippen LogP contribution in [0.2, 0.25) is 0 Å². The Labute approximate surface area is 313 Å². The standard InChI is InChI=1S/C41H66N6O5/c1-31(2)25-44-28-36(49)45(26-33-17-11-10-12-18-33)29-38(51)46-24-15-19-34(46)39(52)40(5,6)20-13-14-21-41(7,8)47(32(3)4)30-37(50)43(27-35(44)48)23-16-22-42-9/h10-12,17-18,31-32,34H,9,13-16,19-30H2,1-8H3. The highest BCUT2D eigenvalue weighted by atomic mass is 16.2. The molecule has 0 aromatic heterocycles. The van der Waals surface area contributed by atoms with Crippen molar-refractivity contribution in [2.24, 2.45) is 16.3 Å². The fraction of sp³-hybridized carbons (Fsp3) is 0.707. The number of aliphatic imine (C=N–C) groups is 1. The summed E-state index contributed by atoms with van der Waals surface area (Å²) in [5.74, 6) is -0.959. The maximum Gasteiger partial charge on any atom is 0.242 e. The molecule has 2 heterocycles. The van der Waals surface area contributed by atoms with Crippen LogP contribution >= 0.6 is 0 Å². The van der Waals surface area contributed by atoms with Gasteiger partial charge in [-0.1, -0.05) is 70.9 Å². The summed E-state index contributed by atoms with van der Waals surface area (Å²) >= 11 is 0. The van der Waals surface area contributed by atoms with Crippen LogP contribution in [0.4, 0.5) is 0 Å². The zero-order valence-electron chi connectivity index (χ0n) is 33.4. The number of hydrogen-bond donors (Lipinski definition) is 0. The molecule has 11 heteroatoms. The van der Waals surface area contributed by atoms with Crippen LogP contribution in [0.15, 0.2) is 35.3 Å². The first-order valence-electron chi connectivity index (χ1n) is 19.4. The molecule has 0 bridgehead atoms. The lowest BCUT2D eigenvalue weighted by Crippen LogP contribution is -2.54. The van der Waals surface area contributed by atoms with Gasteiger partial charge in [0.2, 0.25) is 23.6 Å². The van der Waals surface area contributed by atoms with Crippen molar-refractivity contribution in [3.63, 3.8) is 0 Å². The van der Waals surface area contributed by atoms with E-state index in [-0.39, 0.29) is 79.6 Å². The van der Waals surface area contributed by atoms with E-state index >= 15 is 0 Å². The van der Waals surface area contributed by atoms with Gasteiger partial charge >= 0.3 is 0 Å². The summed E-state index contributed by atoms with van der Waals surface area (Å²) in [5.41, 5.74) is -0.0825. The van der Waals surface area contributed by atoms with Crippen LogP contribution in [0.1, 0.15) is 106 Å². The van der Waals surface area contributed by atoms with Crippen molar-refractivity contribution >= 4 is 36.1 Å². The Kier molecular flexibility index (Phi) is 16.0. The Balaban J connectivity index is 2.04. The van der Waals surface area contributed by atoms with Gasteiger partial charge in [-0.05, 0) is 78.0 Å². The SMILES string of the molecule is C=NCCCN1CC(=O)N(CC(C)C)CC(=O)N(Cc2ccccc2)CC(=O)N2CCCC2C(=O)C(C)(C)CCCCC(C)(C)N(C(C)C)CC1=O. The van der Waals surface area contributed by atoms with Gasteiger partial charge < -0.3 is 24.6 Å². The maximum absolute atomic E-state index is 14.2. The second kappa shape index (κ2) is 19.5. The lowest BCUT2D eigenvalue weighted by atomic mass is 9.78. The van der Waals surface area contributed by atoms with Crippen molar-refractivity contribution < 1.29 is 24.0 Å². The van der Waals surface area contributed by atoms with E-state index in [2.05, 4.69) is 44.3 Å². The van der Waals surface area contributed by atoms with E-state index in [4.69, 9.17) is 0 Å². The number of fused-ring (bicyclic) bond motifs is 1. The lowest BCUT2D eigenvalue weighted by molar-refractivity contribution is -0.148. The van der Waals surface area contributed by atoms with Crippen molar-refractivity contribution in [3.8, 4) is 0 Å². The fourth-order valence-corrected chi connectivity index (χ4v) is 7.70. The first-order chi connectivity index (χ1) is 24.5. The first kappa shape index (κ1) is 42.8. The molecule has 0 radical (unpaired) electrons. The molecule has 1 aromatic rings. The van der Waals surface area contributed by atoms with E-state index in [0.29, 0.717) is 45.4 Å². The minimum Gasteiger partial charge on any atom is -0.332 e. The number of benzene rings is 1. The Morgan fingerprint density at radius 1 is 0.769 bits per heavy atom. The number of Topliss-reactive ketones (excluding diaryl/α,β-unsaturated/α-hetero) is 1.